The van der Waals surface area contributed by atoms with Crippen LogP contribution in [0, 0.1) is 0 Å². The summed E-state index contributed by atoms with van der Waals surface area (Å²) in [5.74, 6) is 0.329. The molecule has 0 saturated carbocycles. The maximum absolute atomic E-state index is 11.6. The van der Waals surface area contributed by atoms with Crippen molar-refractivity contribution in [1.82, 2.24) is 20.0 Å². The largest absolute Gasteiger partial charge is 0.360 e. The molecule has 19 heavy (non-hydrogen) atoms. The molecule has 1 amide bonds. The van der Waals surface area contributed by atoms with Gasteiger partial charge in [0.2, 0.25) is 11.0 Å². The molecule has 104 valence electrons. The summed E-state index contributed by atoms with van der Waals surface area (Å²) >= 11 is 1.62. The second-order valence-electron chi connectivity index (χ2n) is 5.05. The third-order valence-corrected chi connectivity index (χ3v) is 4.60. The molecule has 3 heterocycles. The molecule has 1 unspecified atom stereocenters. The molecule has 2 fully saturated rings. The fourth-order valence-corrected chi connectivity index (χ4v) is 3.65. The van der Waals surface area contributed by atoms with Crippen LogP contribution in [0.2, 0.25) is 0 Å². The van der Waals surface area contributed by atoms with E-state index < -0.39 is 0 Å². The van der Waals surface area contributed by atoms with Crippen molar-refractivity contribution < 1.29 is 4.79 Å². The Morgan fingerprint density at radius 2 is 2.32 bits per heavy atom. The van der Waals surface area contributed by atoms with Crippen LogP contribution in [0.15, 0.2) is 0 Å². The first-order valence-electron chi connectivity index (χ1n) is 6.84. The Kier molecular flexibility index (Phi) is 3.65. The molecule has 6 nitrogen and oxygen atoms in total. The summed E-state index contributed by atoms with van der Waals surface area (Å²) in [6.45, 7) is 6.55. The van der Waals surface area contributed by atoms with Crippen LogP contribution in [-0.2, 0) is 11.3 Å². The lowest BCUT2D eigenvalue weighted by Crippen LogP contribution is -2.50. The van der Waals surface area contributed by atoms with E-state index >= 15 is 0 Å². The molecule has 2 aliphatic heterocycles. The molecule has 7 heteroatoms. The molecule has 0 aliphatic carbocycles. The van der Waals surface area contributed by atoms with Crippen molar-refractivity contribution in [2.24, 2.45) is 0 Å². The summed E-state index contributed by atoms with van der Waals surface area (Å²) in [6.07, 6.45) is 1.73. The predicted molar refractivity (Wildman–Crippen MR) is 74.1 cm³/mol. The highest BCUT2D eigenvalue weighted by molar-refractivity contribution is 7.15. The molecule has 1 atom stereocenters. The number of nitrogens with one attached hydrogen (secondary N) is 1. The number of hydrogen-bond donors (Lipinski definition) is 1. The van der Waals surface area contributed by atoms with Gasteiger partial charge in [-0.1, -0.05) is 11.3 Å². The number of carbonyl (C=O) groups is 1. The number of nitrogens with zero attached hydrogens (tertiary/aromatic N) is 4. The zero-order valence-corrected chi connectivity index (χ0v) is 11.9. The van der Waals surface area contributed by atoms with Gasteiger partial charge in [0.1, 0.15) is 5.01 Å². The van der Waals surface area contributed by atoms with E-state index in [2.05, 4.69) is 27.3 Å². The summed E-state index contributed by atoms with van der Waals surface area (Å²) < 4.78 is 0. The van der Waals surface area contributed by atoms with Crippen LogP contribution >= 0.6 is 11.3 Å². The Balaban J connectivity index is 1.57. The zero-order chi connectivity index (χ0) is 13.2. The summed E-state index contributed by atoms with van der Waals surface area (Å²) in [7, 11) is 0. The lowest BCUT2D eigenvalue weighted by atomic mass is 10.1. The average Bonchev–Trinajstić information content (AvgIpc) is 2.98. The second-order valence-corrected chi connectivity index (χ2v) is 6.11. The molecule has 0 aromatic carbocycles. The normalized spacial score (nSPS) is 23.7. The maximum Gasteiger partial charge on any atom is 0.222 e. The SMILES string of the molecule is CCNc1nnc(CN2CCN3C(=O)CCC3C2)s1. The summed E-state index contributed by atoms with van der Waals surface area (Å²) in [4.78, 5) is 16.1. The van der Waals surface area contributed by atoms with Crippen molar-refractivity contribution in [3.63, 3.8) is 0 Å². The van der Waals surface area contributed by atoms with Crippen LogP contribution in [0.1, 0.15) is 24.8 Å². The fourth-order valence-electron chi connectivity index (χ4n) is 2.80. The third-order valence-electron chi connectivity index (χ3n) is 3.73. The number of aromatic nitrogens is 2. The van der Waals surface area contributed by atoms with Crippen molar-refractivity contribution in [3.8, 4) is 0 Å². The Bertz CT molecular complexity index is 463. The van der Waals surface area contributed by atoms with Crippen LogP contribution in [0.25, 0.3) is 0 Å². The highest BCUT2D eigenvalue weighted by atomic mass is 32.1. The standard InChI is InChI=1S/C12H19N5OS/c1-2-13-12-15-14-10(19-12)8-16-5-6-17-9(7-16)3-4-11(17)18/h9H,2-8H2,1H3,(H,13,15). The molecule has 1 aromatic rings. The third kappa shape index (κ3) is 2.71. The predicted octanol–water partition coefficient (Wildman–Crippen LogP) is 0.776. The minimum atomic E-state index is 0.329. The van der Waals surface area contributed by atoms with Crippen LogP contribution < -0.4 is 5.32 Å². The fraction of sp³-hybridized carbons (Fsp3) is 0.750. The van der Waals surface area contributed by atoms with Gasteiger partial charge in [-0.3, -0.25) is 9.69 Å². The monoisotopic (exact) mass is 281 g/mol. The Hall–Kier alpha value is -1.21. The van der Waals surface area contributed by atoms with Gasteiger partial charge in [-0.05, 0) is 13.3 Å². The Labute approximate surface area is 116 Å². The van der Waals surface area contributed by atoms with Gasteiger partial charge in [0, 0.05) is 38.6 Å². The van der Waals surface area contributed by atoms with Gasteiger partial charge in [-0.25, -0.2) is 0 Å². The van der Waals surface area contributed by atoms with Crippen LogP contribution in [0.4, 0.5) is 5.13 Å². The van der Waals surface area contributed by atoms with Crippen molar-refractivity contribution in [1.29, 1.82) is 0 Å². The molecule has 2 aliphatic rings. The van der Waals surface area contributed by atoms with Gasteiger partial charge in [0.25, 0.3) is 0 Å². The number of amides is 1. The zero-order valence-electron chi connectivity index (χ0n) is 11.1. The minimum absolute atomic E-state index is 0.329. The van der Waals surface area contributed by atoms with Gasteiger partial charge in [-0.2, -0.15) is 0 Å². The first-order chi connectivity index (χ1) is 9.26. The first kappa shape index (κ1) is 12.8. The second kappa shape index (κ2) is 5.42. The molecule has 1 N–H and O–H groups in total. The summed E-state index contributed by atoms with van der Waals surface area (Å²) in [5.41, 5.74) is 0. The van der Waals surface area contributed by atoms with E-state index in [1.807, 2.05) is 4.90 Å². The molecule has 0 bridgehead atoms. The van der Waals surface area contributed by atoms with Crippen molar-refractivity contribution in [2.75, 3.05) is 31.5 Å². The average molecular weight is 281 g/mol. The highest BCUT2D eigenvalue weighted by Gasteiger charge is 2.35. The van der Waals surface area contributed by atoms with E-state index in [1.54, 1.807) is 11.3 Å². The molecule has 0 radical (unpaired) electrons. The number of rotatable bonds is 4. The Morgan fingerprint density at radius 3 is 3.16 bits per heavy atom. The van der Waals surface area contributed by atoms with E-state index in [9.17, 15) is 4.79 Å². The molecular formula is C12H19N5OS. The first-order valence-corrected chi connectivity index (χ1v) is 7.66. The number of hydrogen-bond acceptors (Lipinski definition) is 6. The van der Waals surface area contributed by atoms with E-state index in [0.717, 1.165) is 55.7 Å². The topological polar surface area (TPSA) is 61.4 Å². The number of fused-ring (bicyclic) bond motifs is 1. The lowest BCUT2D eigenvalue weighted by molar-refractivity contribution is -0.130. The quantitative estimate of drug-likeness (QED) is 0.883. The molecule has 1 aromatic heterocycles. The molecule has 0 spiro atoms. The van der Waals surface area contributed by atoms with E-state index in [1.165, 1.54) is 0 Å². The number of carbonyl (C=O) groups excluding carboxylic acids is 1. The maximum atomic E-state index is 11.6. The van der Waals surface area contributed by atoms with Crippen molar-refractivity contribution >= 4 is 22.4 Å². The van der Waals surface area contributed by atoms with E-state index in [0.29, 0.717) is 11.9 Å². The van der Waals surface area contributed by atoms with Gasteiger partial charge < -0.3 is 10.2 Å². The Morgan fingerprint density at radius 1 is 1.42 bits per heavy atom. The van der Waals surface area contributed by atoms with Crippen LogP contribution in [0.3, 0.4) is 0 Å². The van der Waals surface area contributed by atoms with Crippen molar-refractivity contribution in [3.05, 3.63) is 5.01 Å². The smallest absolute Gasteiger partial charge is 0.222 e. The number of anilines is 1. The van der Waals surface area contributed by atoms with Crippen molar-refractivity contribution in [2.45, 2.75) is 32.4 Å². The van der Waals surface area contributed by atoms with Crippen LogP contribution in [-0.4, -0.2) is 58.1 Å². The van der Waals surface area contributed by atoms with Gasteiger partial charge in [-0.15, -0.1) is 10.2 Å². The minimum Gasteiger partial charge on any atom is -0.360 e. The van der Waals surface area contributed by atoms with Gasteiger partial charge in [0.15, 0.2) is 0 Å². The van der Waals surface area contributed by atoms with E-state index in [-0.39, 0.29) is 0 Å². The molecule has 2 saturated heterocycles. The summed E-state index contributed by atoms with van der Waals surface area (Å²) in [5, 5.41) is 13.5. The van der Waals surface area contributed by atoms with Gasteiger partial charge >= 0.3 is 0 Å². The van der Waals surface area contributed by atoms with E-state index in [4.69, 9.17) is 0 Å². The lowest BCUT2D eigenvalue weighted by Gasteiger charge is -2.37. The molecule has 3 rings (SSSR count). The van der Waals surface area contributed by atoms with Crippen LogP contribution in [0.5, 0.6) is 0 Å². The number of piperazine rings is 1. The summed E-state index contributed by atoms with van der Waals surface area (Å²) in [6, 6.07) is 0.419. The van der Waals surface area contributed by atoms with Gasteiger partial charge in [0.05, 0.1) is 6.54 Å². The molecular weight excluding hydrogens is 262 g/mol. The highest BCUT2D eigenvalue weighted by Crippen LogP contribution is 2.24.